The summed E-state index contributed by atoms with van der Waals surface area (Å²) >= 11 is 0. The molecule has 26 heavy (non-hydrogen) atoms. The van der Waals surface area contributed by atoms with E-state index in [-0.39, 0.29) is 41.7 Å². The first-order valence-electron chi connectivity index (χ1n) is 6.95. The molecular formula is C13H17FN8O3S. The van der Waals surface area contributed by atoms with Gasteiger partial charge < -0.3 is 5.73 Å². The maximum Gasteiger partial charge on any atom is 0.274 e. The van der Waals surface area contributed by atoms with Gasteiger partial charge in [0.2, 0.25) is 0 Å². The third-order valence-electron chi connectivity index (χ3n) is 2.80. The van der Waals surface area contributed by atoms with Gasteiger partial charge in [-0.05, 0) is 18.2 Å². The molecule has 140 valence electrons. The van der Waals surface area contributed by atoms with E-state index < -0.39 is 16.0 Å². The van der Waals surface area contributed by atoms with Gasteiger partial charge in [0.25, 0.3) is 10.2 Å². The van der Waals surface area contributed by atoms with Crippen molar-refractivity contribution in [3.05, 3.63) is 29.6 Å². The van der Waals surface area contributed by atoms with Crippen molar-refractivity contribution in [1.82, 2.24) is 10.2 Å². The average molecular weight is 384 g/mol. The molecule has 0 amide bonds. The van der Waals surface area contributed by atoms with Gasteiger partial charge in [-0.15, -0.1) is 0 Å². The highest BCUT2D eigenvalue weighted by Gasteiger charge is 2.13. The molecule has 13 heteroatoms. The first-order chi connectivity index (χ1) is 12.2. The standard InChI is InChI=1S/C13H17FN8O3S/c1-18-11(13(22-23)19-4-5-20-26(17,24)25)12(16)21-9-2-3-10(14)8(6-9)7-15/h2-3,6,20,23H,4-5H2,1H3,(H2,16,21)(H,19,22)(H2,17,24,25). The number of nitrogens with zero attached hydrogens (tertiary/aromatic N) is 4. The molecule has 1 aromatic carbocycles. The number of nitrogens with two attached hydrogens (primary N) is 2. The zero-order valence-electron chi connectivity index (χ0n) is 13.6. The summed E-state index contributed by atoms with van der Waals surface area (Å²) in [5, 5.41) is 22.8. The molecule has 0 aliphatic heterocycles. The molecule has 0 radical (unpaired) electrons. The van der Waals surface area contributed by atoms with Crippen LogP contribution >= 0.6 is 0 Å². The lowest BCUT2D eigenvalue weighted by Gasteiger charge is -2.08. The number of aliphatic imine (C=N–C) groups is 3. The van der Waals surface area contributed by atoms with E-state index in [2.05, 4.69) is 15.0 Å². The molecule has 11 nitrogen and oxygen atoms in total. The molecule has 0 spiro atoms. The van der Waals surface area contributed by atoms with E-state index in [4.69, 9.17) is 16.1 Å². The number of rotatable bonds is 7. The molecule has 7 N–H and O–H groups in total. The molecule has 0 atom stereocenters. The van der Waals surface area contributed by atoms with Crippen LogP contribution in [0.1, 0.15) is 5.56 Å². The third-order valence-corrected chi connectivity index (χ3v) is 3.41. The molecule has 0 unspecified atom stereocenters. The van der Waals surface area contributed by atoms with Gasteiger partial charge in [-0.25, -0.2) is 19.2 Å². The SMILES string of the molecule is CN=C(C(N)=Nc1ccc(F)c(C#N)c1)C(=NCCNS(N)(=O)=O)NO. The second-order valence-electron chi connectivity index (χ2n) is 4.63. The van der Waals surface area contributed by atoms with Crippen molar-refractivity contribution in [3.8, 4) is 6.07 Å². The van der Waals surface area contributed by atoms with Crippen molar-refractivity contribution in [2.75, 3.05) is 20.1 Å². The summed E-state index contributed by atoms with van der Waals surface area (Å²) in [4.78, 5) is 11.7. The Hall–Kier alpha value is -2.92. The largest absolute Gasteiger partial charge is 0.382 e. The number of hydrogen-bond donors (Lipinski definition) is 5. The topological polar surface area (TPSA) is 191 Å². The summed E-state index contributed by atoms with van der Waals surface area (Å²) in [6.45, 7) is -0.206. The lowest BCUT2D eigenvalue weighted by Crippen LogP contribution is -2.39. The lowest BCUT2D eigenvalue weighted by molar-refractivity contribution is 0.236. The van der Waals surface area contributed by atoms with Crippen molar-refractivity contribution in [2.45, 2.75) is 0 Å². The Kier molecular flexibility index (Phi) is 7.75. The molecule has 0 bridgehead atoms. The van der Waals surface area contributed by atoms with Crippen molar-refractivity contribution >= 4 is 33.3 Å². The minimum atomic E-state index is -3.86. The minimum absolute atomic E-state index is 0.0362. The van der Waals surface area contributed by atoms with E-state index in [9.17, 15) is 18.0 Å². The molecule has 0 heterocycles. The van der Waals surface area contributed by atoms with Crippen LogP contribution in [0.4, 0.5) is 10.1 Å². The fraction of sp³-hybridized carbons (Fsp3) is 0.231. The molecule has 0 aliphatic rings. The normalized spacial score (nSPS) is 13.4. The van der Waals surface area contributed by atoms with Gasteiger partial charge in [-0.1, -0.05) is 0 Å². The van der Waals surface area contributed by atoms with Gasteiger partial charge in [-0.2, -0.15) is 13.7 Å². The predicted octanol–water partition coefficient (Wildman–Crippen LogP) is -1.07. The van der Waals surface area contributed by atoms with Crippen molar-refractivity contribution in [2.24, 2.45) is 25.8 Å². The Morgan fingerprint density at radius 1 is 1.46 bits per heavy atom. The minimum Gasteiger partial charge on any atom is -0.382 e. The van der Waals surface area contributed by atoms with Crippen LogP contribution in [0.5, 0.6) is 0 Å². The van der Waals surface area contributed by atoms with Crippen LogP contribution in [-0.4, -0.2) is 51.1 Å². The second kappa shape index (κ2) is 9.53. The van der Waals surface area contributed by atoms with Crippen LogP contribution in [-0.2, 0) is 10.2 Å². The van der Waals surface area contributed by atoms with E-state index >= 15 is 0 Å². The highest BCUT2D eigenvalue weighted by Crippen LogP contribution is 2.16. The third kappa shape index (κ3) is 6.53. The number of benzene rings is 1. The van der Waals surface area contributed by atoms with E-state index in [1.165, 1.54) is 19.2 Å². The fourth-order valence-electron chi connectivity index (χ4n) is 1.72. The molecule has 0 aliphatic carbocycles. The maximum absolute atomic E-state index is 13.3. The van der Waals surface area contributed by atoms with Crippen LogP contribution in [0.3, 0.4) is 0 Å². The quantitative estimate of drug-likeness (QED) is 0.172. The number of hydrogen-bond acceptors (Lipinski definition) is 7. The van der Waals surface area contributed by atoms with Gasteiger partial charge in [0.05, 0.1) is 17.8 Å². The van der Waals surface area contributed by atoms with Gasteiger partial charge >= 0.3 is 0 Å². The Labute approximate surface area is 149 Å². The first-order valence-corrected chi connectivity index (χ1v) is 8.49. The van der Waals surface area contributed by atoms with Crippen molar-refractivity contribution < 1.29 is 18.0 Å². The number of amidine groups is 2. The molecule has 0 saturated heterocycles. The van der Waals surface area contributed by atoms with Crippen LogP contribution in [0.25, 0.3) is 0 Å². The Morgan fingerprint density at radius 2 is 2.15 bits per heavy atom. The molecule has 1 aromatic rings. The summed E-state index contributed by atoms with van der Waals surface area (Å²) in [6, 6.07) is 5.23. The monoisotopic (exact) mass is 384 g/mol. The Bertz CT molecular complexity index is 889. The molecule has 0 aromatic heterocycles. The number of halogens is 1. The smallest absolute Gasteiger partial charge is 0.274 e. The Morgan fingerprint density at radius 3 is 2.69 bits per heavy atom. The van der Waals surface area contributed by atoms with E-state index in [0.29, 0.717) is 0 Å². The zero-order valence-corrected chi connectivity index (χ0v) is 14.5. The van der Waals surface area contributed by atoms with Crippen LogP contribution < -0.4 is 21.1 Å². The number of nitrogens with one attached hydrogen (secondary N) is 2. The second-order valence-corrected chi connectivity index (χ2v) is 6.01. The van der Waals surface area contributed by atoms with Gasteiger partial charge in [0, 0.05) is 13.6 Å². The predicted molar refractivity (Wildman–Crippen MR) is 94.1 cm³/mol. The van der Waals surface area contributed by atoms with Gasteiger partial charge in [-0.3, -0.25) is 20.7 Å². The van der Waals surface area contributed by atoms with Gasteiger partial charge in [0.1, 0.15) is 17.6 Å². The van der Waals surface area contributed by atoms with Crippen LogP contribution in [0.15, 0.2) is 33.2 Å². The molecule has 1 rings (SSSR count). The summed E-state index contributed by atoms with van der Waals surface area (Å²) in [7, 11) is -2.50. The van der Waals surface area contributed by atoms with Crippen molar-refractivity contribution in [3.63, 3.8) is 0 Å². The highest BCUT2D eigenvalue weighted by molar-refractivity contribution is 7.87. The number of nitriles is 1. The Balaban J connectivity index is 3.02. The van der Waals surface area contributed by atoms with E-state index in [0.717, 1.165) is 6.07 Å². The van der Waals surface area contributed by atoms with Crippen molar-refractivity contribution in [1.29, 1.82) is 5.26 Å². The number of hydroxylamine groups is 1. The van der Waals surface area contributed by atoms with E-state index in [1.807, 2.05) is 4.72 Å². The van der Waals surface area contributed by atoms with Crippen LogP contribution in [0.2, 0.25) is 0 Å². The lowest BCUT2D eigenvalue weighted by atomic mass is 10.2. The summed E-state index contributed by atoms with van der Waals surface area (Å²) < 4.78 is 36.9. The zero-order chi connectivity index (χ0) is 19.7. The van der Waals surface area contributed by atoms with E-state index in [1.54, 1.807) is 11.5 Å². The molecule has 0 saturated carbocycles. The molecular weight excluding hydrogens is 367 g/mol. The first kappa shape index (κ1) is 21.1. The molecule has 0 fully saturated rings. The maximum atomic E-state index is 13.3. The summed E-state index contributed by atoms with van der Waals surface area (Å²) in [5.74, 6) is -1.05. The van der Waals surface area contributed by atoms with Crippen LogP contribution in [0, 0.1) is 17.1 Å². The van der Waals surface area contributed by atoms with Gasteiger partial charge in [0.15, 0.2) is 11.7 Å². The highest BCUT2D eigenvalue weighted by atomic mass is 32.2. The summed E-state index contributed by atoms with van der Waals surface area (Å²) in [6.07, 6.45) is 0. The fourth-order valence-corrected chi connectivity index (χ4v) is 2.10. The summed E-state index contributed by atoms with van der Waals surface area (Å²) in [5.41, 5.74) is 7.55. The average Bonchev–Trinajstić information content (AvgIpc) is 2.58.